The molecule has 1 aliphatic heterocycles. The highest BCUT2D eigenvalue weighted by Crippen LogP contribution is 2.20. The van der Waals surface area contributed by atoms with Crippen molar-refractivity contribution in [2.75, 3.05) is 39.0 Å². The molecular formula is C19H29BrIN5O2. The fourth-order valence-electron chi connectivity index (χ4n) is 3.09. The number of halogens is 2. The van der Waals surface area contributed by atoms with Crippen LogP contribution in [-0.2, 0) is 9.59 Å². The molecule has 0 spiro atoms. The Hall–Kier alpha value is -1.36. The number of hydrogen-bond donors (Lipinski definition) is 3. The van der Waals surface area contributed by atoms with Crippen LogP contribution in [0.2, 0.25) is 0 Å². The second kappa shape index (κ2) is 13.0. The van der Waals surface area contributed by atoms with Crippen LogP contribution in [0.15, 0.2) is 33.7 Å². The van der Waals surface area contributed by atoms with E-state index in [1.54, 1.807) is 14.1 Å². The minimum Gasteiger partial charge on any atom is -0.359 e. The zero-order valence-electron chi connectivity index (χ0n) is 16.3. The summed E-state index contributed by atoms with van der Waals surface area (Å²) < 4.78 is 0.977. The van der Waals surface area contributed by atoms with E-state index in [9.17, 15) is 9.59 Å². The fourth-order valence-corrected chi connectivity index (χ4v) is 3.35. The first-order valence-electron chi connectivity index (χ1n) is 9.23. The number of amides is 2. The number of guanidine groups is 1. The molecule has 1 aliphatic rings. The van der Waals surface area contributed by atoms with E-state index in [1.807, 2.05) is 24.3 Å². The van der Waals surface area contributed by atoms with E-state index in [4.69, 9.17) is 0 Å². The van der Waals surface area contributed by atoms with Gasteiger partial charge in [0.25, 0.3) is 0 Å². The molecule has 1 heterocycles. The SMILES string of the molecule is CN=C(NCCC(=O)Nc1ccc(Br)cc1)N1CCC(CC(=O)NC)CC1.I. The summed E-state index contributed by atoms with van der Waals surface area (Å²) in [7, 11) is 3.43. The summed E-state index contributed by atoms with van der Waals surface area (Å²) in [5, 5.41) is 8.83. The summed E-state index contributed by atoms with van der Waals surface area (Å²) in [6, 6.07) is 7.50. The third kappa shape index (κ3) is 8.34. The van der Waals surface area contributed by atoms with E-state index in [1.165, 1.54) is 0 Å². The van der Waals surface area contributed by atoms with Gasteiger partial charge in [-0.1, -0.05) is 15.9 Å². The Balaban J connectivity index is 0.00000392. The average Bonchev–Trinajstić information content (AvgIpc) is 2.68. The largest absolute Gasteiger partial charge is 0.359 e. The molecule has 1 aromatic rings. The Morgan fingerprint density at radius 2 is 1.82 bits per heavy atom. The standard InChI is InChI=1S/C19H28BrN5O2.HI/c1-21-18(27)13-14-8-11-25(12-9-14)19(22-2)23-10-7-17(26)24-16-5-3-15(20)4-6-16;/h3-6,14H,7-13H2,1-2H3,(H,21,27)(H,22,23)(H,24,26);1H. The van der Waals surface area contributed by atoms with Gasteiger partial charge in [-0.05, 0) is 43.0 Å². The van der Waals surface area contributed by atoms with Crippen molar-refractivity contribution >= 4 is 63.4 Å². The molecule has 1 saturated heterocycles. The van der Waals surface area contributed by atoms with Gasteiger partial charge in [-0.25, -0.2) is 0 Å². The molecule has 0 aliphatic carbocycles. The van der Waals surface area contributed by atoms with Crippen molar-refractivity contribution in [3.8, 4) is 0 Å². The van der Waals surface area contributed by atoms with E-state index in [0.717, 1.165) is 42.1 Å². The van der Waals surface area contributed by atoms with Crippen LogP contribution in [0.25, 0.3) is 0 Å². The Bertz CT molecular complexity index is 661. The van der Waals surface area contributed by atoms with Gasteiger partial charge in [-0.3, -0.25) is 14.6 Å². The first-order valence-corrected chi connectivity index (χ1v) is 10.0. The second-order valence-electron chi connectivity index (χ2n) is 6.59. The molecule has 0 bridgehead atoms. The highest BCUT2D eigenvalue weighted by Gasteiger charge is 2.23. The molecule has 28 heavy (non-hydrogen) atoms. The average molecular weight is 566 g/mol. The molecule has 0 saturated carbocycles. The van der Waals surface area contributed by atoms with E-state index in [-0.39, 0.29) is 35.8 Å². The quantitative estimate of drug-likeness (QED) is 0.281. The molecule has 0 atom stereocenters. The molecule has 2 rings (SSSR count). The third-order valence-electron chi connectivity index (χ3n) is 4.64. The van der Waals surface area contributed by atoms with Gasteiger partial charge in [-0.2, -0.15) is 0 Å². The number of nitrogens with zero attached hydrogens (tertiary/aromatic N) is 2. The molecule has 3 N–H and O–H groups in total. The summed E-state index contributed by atoms with van der Waals surface area (Å²) in [6.07, 6.45) is 2.89. The predicted octanol–water partition coefficient (Wildman–Crippen LogP) is 2.82. The number of carbonyl (C=O) groups excluding carboxylic acids is 2. The van der Waals surface area contributed by atoms with Gasteiger partial charge >= 0.3 is 0 Å². The summed E-state index contributed by atoms with van der Waals surface area (Å²) in [5.74, 6) is 1.30. The van der Waals surface area contributed by atoms with Crippen LogP contribution >= 0.6 is 39.9 Å². The van der Waals surface area contributed by atoms with Crippen molar-refractivity contribution in [2.45, 2.75) is 25.7 Å². The lowest BCUT2D eigenvalue weighted by Gasteiger charge is -2.34. The van der Waals surface area contributed by atoms with E-state index < -0.39 is 0 Å². The van der Waals surface area contributed by atoms with Gasteiger partial charge in [0.15, 0.2) is 5.96 Å². The fraction of sp³-hybridized carbons (Fsp3) is 0.526. The zero-order chi connectivity index (χ0) is 19.6. The Morgan fingerprint density at radius 3 is 2.39 bits per heavy atom. The number of nitrogens with one attached hydrogen (secondary N) is 3. The van der Waals surface area contributed by atoms with Crippen LogP contribution in [0.4, 0.5) is 5.69 Å². The van der Waals surface area contributed by atoms with Crippen LogP contribution in [0, 0.1) is 5.92 Å². The maximum absolute atomic E-state index is 12.1. The van der Waals surface area contributed by atoms with Crippen molar-refractivity contribution in [1.82, 2.24) is 15.5 Å². The van der Waals surface area contributed by atoms with E-state index >= 15 is 0 Å². The highest BCUT2D eigenvalue weighted by atomic mass is 127. The van der Waals surface area contributed by atoms with Crippen molar-refractivity contribution in [3.05, 3.63) is 28.7 Å². The molecule has 0 unspecified atom stereocenters. The maximum Gasteiger partial charge on any atom is 0.226 e. The Kier molecular flexibility index (Phi) is 11.4. The van der Waals surface area contributed by atoms with Crippen LogP contribution in [0.5, 0.6) is 0 Å². The lowest BCUT2D eigenvalue weighted by atomic mass is 9.93. The van der Waals surface area contributed by atoms with Crippen LogP contribution in [-0.4, -0.2) is 56.4 Å². The van der Waals surface area contributed by atoms with Gasteiger partial charge in [-0.15, -0.1) is 24.0 Å². The lowest BCUT2D eigenvalue weighted by molar-refractivity contribution is -0.121. The summed E-state index contributed by atoms with van der Waals surface area (Å²) in [5.41, 5.74) is 0.783. The number of rotatable bonds is 6. The minimum absolute atomic E-state index is 0. The number of hydrogen-bond acceptors (Lipinski definition) is 3. The van der Waals surface area contributed by atoms with Gasteiger partial charge in [0.05, 0.1) is 0 Å². The van der Waals surface area contributed by atoms with Gasteiger partial charge in [0, 0.05) is 56.7 Å². The third-order valence-corrected chi connectivity index (χ3v) is 5.17. The molecule has 156 valence electrons. The summed E-state index contributed by atoms with van der Waals surface area (Å²) in [4.78, 5) is 30.1. The van der Waals surface area contributed by atoms with Gasteiger partial charge in [0.2, 0.25) is 11.8 Å². The highest BCUT2D eigenvalue weighted by molar-refractivity contribution is 14.0. The molecule has 2 amide bonds. The molecule has 7 nitrogen and oxygen atoms in total. The topological polar surface area (TPSA) is 85.8 Å². The smallest absolute Gasteiger partial charge is 0.226 e. The normalized spacial score (nSPS) is 14.8. The van der Waals surface area contributed by atoms with Gasteiger partial charge in [0.1, 0.15) is 0 Å². The molecular weight excluding hydrogens is 537 g/mol. The van der Waals surface area contributed by atoms with Crippen LogP contribution < -0.4 is 16.0 Å². The maximum atomic E-state index is 12.1. The molecule has 9 heteroatoms. The van der Waals surface area contributed by atoms with Crippen molar-refractivity contribution in [1.29, 1.82) is 0 Å². The minimum atomic E-state index is -0.0374. The number of benzene rings is 1. The second-order valence-corrected chi connectivity index (χ2v) is 7.50. The van der Waals surface area contributed by atoms with Crippen molar-refractivity contribution in [2.24, 2.45) is 10.9 Å². The Labute approximate surface area is 192 Å². The first-order chi connectivity index (χ1) is 13.0. The number of aliphatic imine (C=N–C) groups is 1. The van der Waals surface area contributed by atoms with Crippen LogP contribution in [0.1, 0.15) is 25.7 Å². The molecule has 1 fully saturated rings. The number of carbonyl (C=O) groups is 2. The van der Waals surface area contributed by atoms with E-state index in [0.29, 0.717) is 25.3 Å². The van der Waals surface area contributed by atoms with Crippen LogP contribution in [0.3, 0.4) is 0 Å². The summed E-state index contributed by atoms with van der Waals surface area (Å²) >= 11 is 3.37. The summed E-state index contributed by atoms with van der Waals surface area (Å²) in [6.45, 7) is 2.26. The first kappa shape index (κ1) is 24.7. The van der Waals surface area contributed by atoms with Crippen molar-refractivity contribution in [3.63, 3.8) is 0 Å². The lowest BCUT2D eigenvalue weighted by Crippen LogP contribution is -2.46. The molecule has 0 aromatic heterocycles. The molecule has 0 radical (unpaired) electrons. The number of piperidine rings is 1. The number of anilines is 1. The zero-order valence-corrected chi connectivity index (χ0v) is 20.2. The van der Waals surface area contributed by atoms with Crippen molar-refractivity contribution < 1.29 is 9.59 Å². The Morgan fingerprint density at radius 1 is 1.18 bits per heavy atom. The van der Waals surface area contributed by atoms with Gasteiger partial charge < -0.3 is 20.9 Å². The number of likely N-dealkylation sites (tertiary alicyclic amines) is 1. The monoisotopic (exact) mass is 565 g/mol. The molecule has 1 aromatic carbocycles. The predicted molar refractivity (Wildman–Crippen MR) is 127 cm³/mol. The van der Waals surface area contributed by atoms with E-state index in [2.05, 4.69) is 41.8 Å².